The van der Waals surface area contributed by atoms with Crippen LogP contribution in [0.15, 0.2) is 41.0 Å². The van der Waals surface area contributed by atoms with Crippen LogP contribution in [0.4, 0.5) is 0 Å². The highest BCUT2D eigenvalue weighted by Gasteiger charge is 2.32. The number of aromatic nitrogens is 1. The fourth-order valence-electron chi connectivity index (χ4n) is 3.84. The van der Waals surface area contributed by atoms with Crippen molar-refractivity contribution in [1.82, 2.24) is 10.3 Å². The summed E-state index contributed by atoms with van der Waals surface area (Å²) in [4.78, 5) is 28.9. The molecule has 3 N–H and O–H groups in total. The van der Waals surface area contributed by atoms with Gasteiger partial charge in [-0.15, -0.1) is 0 Å². The van der Waals surface area contributed by atoms with Crippen molar-refractivity contribution in [3.05, 3.63) is 42.3 Å². The van der Waals surface area contributed by atoms with Gasteiger partial charge in [0.1, 0.15) is 12.0 Å². The molecule has 3 rings (SSSR count). The lowest BCUT2D eigenvalue weighted by Crippen LogP contribution is -2.40. The number of hydrogen-bond acceptors (Lipinski definition) is 5. The van der Waals surface area contributed by atoms with Crippen LogP contribution in [0.5, 0.6) is 0 Å². The van der Waals surface area contributed by atoms with E-state index in [4.69, 9.17) is 14.9 Å². The second kappa shape index (κ2) is 9.50. The molecule has 2 atom stereocenters. The van der Waals surface area contributed by atoms with Crippen LogP contribution < -0.4 is 11.1 Å². The van der Waals surface area contributed by atoms with Crippen LogP contribution in [-0.4, -0.2) is 23.9 Å². The summed E-state index contributed by atoms with van der Waals surface area (Å²) in [6.07, 6.45) is 5.95. The zero-order chi connectivity index (χ0) is 19.9. The number of nitrogens with one attached hydrogen (secondary N) is 1. The average Bonchev–Trinajstić information content (AvgIpc) is 3.21. The molecule has 0 spiro atoms. The summed E-state index contributed by atoms with van der Waals surface area (Å²) in [6.45, 7) is 0. The van der Waals surface area contributed by atoms with Gasteiger partial charge in [0.2, 0.25) is 17.7 Å². The van der Waals surface area contributed by atoms with E-state index >= 15 is 0 Å². The van der Waals surface area contributed by atoms with Crippen LogP contribution in [0.2, 0.25) is 0 Å². The number of hydrogen-bond donors (Lipinski definition) is 2. The second-order valence-electron chi connectivity index (χ2n) is 7.24. The van der Waals surface area contributed by atoms with Crippen molar-refractivity contribution < 1.29 is 18.7 Å². The molecule has 1 aromatic heterocycles. The molecule has 7 heteroatoms. The van der Waals surface area contributed by atoms with Crippen LogP contribution in [0.1, 0.15) is 50.4 Å². The first-order chi connectivity index (χ1) is 13.6. The van der Waals surface area contributed by atoms with Gasteiger partial charge in [-0.3, -0.25) is 9.59 Å². The first-order valence-electron chi connectivity index (χ1n) is 9.70. The molecule has 28 heavy (non-hydrogen) atoms. The quantitative estimate of drug-likeness (QED) is 0.679. The topological polar surface area (TPSA) is 107 Å². The van der Waals surface area contributed by atoms with Crippen LogP contribution in [0.25, 0.3) is 11.5 Å². The highest BCUT2D eigenvalue weighted by Crippen LogP contribution is 2.32. The first-order valence-corrected chi connectivity index (χ1v) is 9.70. The van der Waals surface area contributed by atoms with Gasteiger partial charge in [-0.25, -0.2) is 4.98 Å². The van der Waals surface area contributed by atoms with E-state index in [2.05, 4.69) is 10.3 Å². The molecule has 0 aliphatic heterocycles. The molecular formula is C21H27N3O4. The number of carbonyl (C=O) groups is 2. The fraction of sp³-hybridized carbons (Fsp3) is 0.476. The maximum atomic E-state index is 12.9. The summed E-state index contributed by atoms with van der Waals surface area (Å²) in [7, 11) is 1.49. The van der Waals surface area contributed by atoms with E-state index in [1.54, 1.807) is 0 Å². The van der Waals surface area contributed by atoms with Gasteiger partial charge >= 0.3 is 0 Å². The van der Waals surface area contributed by atoms with Gasteiger partial charge in [-0.2, -0.15) is 0 Å². The Morgan fingerprint density at radius 3 is 2.61 bits per heavy atom. The number of ether oxygens (including phenoxy) is 1. The van der Waals surface area contributed by atoms with E-state index in [0.29, 0.717) is 11.6 Å². The lowest BCUT2D eigenvalue weighted by atomic mass is 9.78. The Hall–Kier alpha value is -2.67. The first kappa shape index (κ1) is 20.1. The molecule has 1 aromatic carbocycles. The number of rotatable bonds is 8. The standard InChI is InChI=1S/C21H27N3O4/c1-27-21(17-13-28-20(23-17)15-10-6-3-7-11-15)24-19(26)16(12-18(22)25)14-8-4-2-5-9-14/h3,6-7,10-11,13-14,16,21H,2,4-5,8-9,12H2,1H3,(H2,22,25)(H,24,26). The number of amides is 2. The number of nitrogens with zero attached hydrogens (tertiary/aromatic N) is 1. The molecular weight excluding hydrogens is 358 g/mol. The number of benzene rings is 1. The molecule has 2 amide bonds. The third kappa shape index (κ3) is 4.98. The summed E-state index contributed by atoms with van der Waals surface area (Å²) < 4.78 is 11.0. The molecule has 1 heterocycles. The summed E-state index contributed by atoms with van der Waals surface area (Å²) in [5, 5.41) is 2.86. The van der Waals surface area contributed by atoms with E-state index in [1.165, 1.54) is 19.8 Å². The van der Waals surface area contributed by atoms with E-state index in [1.807, 2.05) is 30.3 Å². The molecule has 1 fully saturated rings. The number of methoxy groups -OCH3 is 1. The Morgan fingerprint density at radius 1 is 1.25 bits per heavy atom. The van der Waals surface area contributed by atoms with E-state index in [9.17, 15) is 9.59 Å². The monoisotopic (exact) mass is 385 g/mol. The van der Waals surface area contributed by atoms with E-state index < -0.39 is 18.1 Å². The van der Waals surface area contributed by atoms with Crippen molar-refractivity contribution in [3.8, 4) is 11.5 Å². The largest absolute Gasteiger partial charge is 0.444 e. The van der Waals surface area contributed by atoms with Gasteiger partial charge in [-0.1, -0.05) is 37.5 Å². The van der Waals surface area contributed by atoms with Crippen LogP contribution >= 0.6 is 0 Å². The Bertz CT molecular complexity index is 784. The van der Waals surface area contributed by atoms with Gasteiger partial charge < -0.3 is 20.2 Å². The highest BCUT2D eigenvalue weighted by molar-refractivity contribution is 5.85. The van der Waals surface area contributed by atoms with Crippen molar-refractivity contribution in [2.45, 2.75) is 44.8 Å². The van der Waals surface area contributed by atoms with Gasteiger partial charge in [0, 0.05) is 25.0 Å². The molecule has 1 aliphatic rings. The molecule has 1 saturated carbocycles. The Kier molecular flexibility index (Phi) is 6.81. The minimum Gasteiger partial charge on any atom is -0.444 e. The van der Waals surface area contributed by atoms with Crippen LogP contribution in [-0.2, 0) is 14.3 Å². The maximum absolute atomic E-state index is 12.9. The zero-order valence-electron chi connectivity index (χ0n) is 16.1. The van der Waals surface area contributed by atoms with E-state index in [-0.39, 0.29) is 18.2 Å². The smallest absolute Gasteiger partial charge is 0.226 e. The SMILES string of the molecule is COC(NC(=O)C(CC(N)=O)C1CCCCC1)c1coc(-c2ccccc2)n1. The minimum atomic E-state index is -0.757. The third-order valence-corrected chi connectivity index (χ3v) is 5.30. The van der Waals surface area contributed by atoms with Crippen molar-refractivity contribution in [2.24, 2.45) is 17.6 Å². The minimum absolute atomic E-state index is 0.0427. The van der Waals surface area contributed by atoms with Crippen molar-refractivity contribution >= 4 is 11.8 Å². The molecule has 0 bridgehead atoms. The zero-order valence-corrected chi connectivity index (χ0v) is 16.1. The molecule has 2 aromatic rings. The third-order valence-electron chi connectivity index (χ3n) is 5.30. The Balaban J connectivity index is 1.72. The molecule has 2 unspecified atom stereocenters. The highest BCUT2D eigenvalue weighted by atomic mass is 16.5. The number of primary amides is 1. The lowest BCUT2D eigenvalue weighted by molar-refractivity contribution is -0.134. The molecule has 7 nitrogen and oxygen atoms in total. The van der Waals surface area contributed by atoms with Crippen molar-refractivity contribution in [3.63, 3.8) is 0 Å². The summed E-state index contributed by atoms with van der Waals surface area (Å²) in [5.74, 6) is -0.533. The predicted octanol–water partition coefficient (Wildman–Crippen LogP) is 3.17. The number of nitrogens with two attached hydrogens (primary N) is 1. The number of carbonyl (C=O) groups excluding carboxylic acids is 2. The van der Waals surface area contributed by atoms with Crippen molar-refractivity contribution in [1.29, 1.82) is 0 Å². The lowest BCUT2D eigenvalue weighted by Gasteiger charge is -2.29. The van der Waals surface area contributed by atoms with Gasteiger partial charge in [0.05, 0.1) is 0 Å². The van der Waals surface area contributed by atoms with Crippen LogP contribution in [0.3, 0.4) is 0 Å². The van der Waals surface area contributed by atoms with Gasteiger partial charge in [0.25, 0.3) is 0 Å². The summed E-state index contributed by atoms with van der Waals surface area (Å²) in [6, 6.07) is 9.49. The molecule has 150 valence electrons. The van der Waals surface area contributed by atoms with Crippen LogP contribution in [0, 0.1) is 11.8 Å². The molecule has 0 saturated heterocycles. The van der Waals surface area contributed by atoms with E-state index in [0.717, 1.165) is 31.2 Å². The maximum Gasteiger partial charge on any atom is 0.226 e. The molecule has 0 radical (unpaired) electrons. The Morgan fingerprint density at radius 2 is 1.96 bits per heavy atom. The summed E-state index contributed by atoms with van der Waals surface area (Å²) >= 11 is 0. The normalized spacial score (nSPS) is 17.0. The summed E-state index contributed by atoms with van der Waals surface area (Å²) in [5.41, 5.74) is 6.71. The average molecular weight is 385 g/mol. The second-order valence-corrected chi connectivity index (χ2v) is 7.24. The van der Waals surface area contributed by atoms with Gasteiger partial charge in [0.15, 0.2) is 6.23 Å². The fourth-order valence-corrected chi connectivity index (χ4v) is 3.84. The van der Waals surface area contributed by atoms with Crippen molar-refractivity contribution in [2.75, 3.05) is 7.11 Å². The molecule has 1 aliphatic carbocycles. The number of oxazole rings is 1. The Labute approximate surface area is 164 Å². The predicted molar refractivity (Wildman–Crippen MR) is 104 cm³/mol. The van der Waals surface area contributed by atoms with Gasteiger partial charge in [-0.05, 0) is 30.9 Å².